The summed E-state index contributed by atoms with van der Waals surface area (Å²) in [7, 11) is 0. The Bertz CT molecular complexity index is 472. The van der Waals surface area contributed by atoms with Crippen LogP contribution in [-0.2, 0) is 20.8 Å². The van der Waals surface area contributed by atoms with E-state index < -0.39 is 17.9 Å². The number of carboxylic acids is 1. The third-order valence-corrected chi connectivity index (χ3v) is 2.65. The Labute approximate surface area is 116 Å². The molecule has 0 aliphatic heterocycles. The predicted molar refractivity (Wildman–Crippen MR) is 71.0 cm³/mol. The van der Waals surface area contributed by atoms with Crippen molar-refractivity contribution in [3.05, 3.63) is 35.9 Å². The number of aliphatic hydroxyl groups is 1. The molecule has 108 valence electrons. The number of ketones is 1. The van der Waals surface area contributed by atoms with Gasteiger partial charge in [0.1, 0.15) is 11.8 Å². The van der Waals surface area contributed by atoms with Crippen LogP contribution in [0.15, 0.2) is 30.3 Å². The van der Waals surface area contributed by atoms with Crippen molar-refractivity contribution >= 4 is 17.7 Å². The number of nitrogens with one attached hydrogen (secondary N) is 1. The van der Waals surface area contributed by atoms with Gasteiger partial charge in [0.25, 0.3) is 0 Å². The molecule has 0 aliphatic carbocycles. The van der Waals surface area contributed by atoms with Crippen LogP contribution < -0.4 is 5.32 Å². The monoisotopic (exact) mass is 279 g/mol. The Hall–Kier alpha value is -2.21. The summed E-state index contributed by atoms with van der Waals surface area (Å²) in [5, 5.41) is 19.7. The maximum atomic E-state index is 11.7. The quantitative estimate of drug-likeness (QED) is 0.587. The summed E-state index contributed by atoms with van der Waals surface area (Å²) in [6.07, 6.45) is -0.329. The Morgan fingerprint density at radius 3 is 2.35 bits per heavy atom. The zero-order valence-corrected chi connectivity index (χ0v) is 10.9. The molecule has 1 aromatic carbocycles. The van der Waals surface area contributed by atoms with Gasteiger partial charge in [-0.2, -0.15) is 0 Å². The first-order valence-electron chi connectivity index (χ1n) is 6.21. The molecular formula is C14H17NO5. The van der Waals surface area contributed by atoms with Crippen molar-refractivity contribution in [1.82, 2.24) is 5.32 Å². The van der Waals surface area contributed by atoms with E-state index in [4.69, 9.17) is 10.2 Å². The molecule has 0 bridgehead atoms. The number of carbonyl (C=O) groups excluding carboxylic acids is 2. The zero-order chi connectivity index (χ0) is 15.0. The van der Waals surface area contributed by atoms with Gasteiger partial charge in [0.2, 0.25) is 5.91 Å². The van der Waals surface area contributed by atoms with Gasteiger partial charge in [-0.15, -0.1) is 0 Å². The molecule has 3 N–H and O–H groups in total. The van der Waals surface area contributed by atoms with Gasteiger partial charge in [-0.3, -0.25) is 9.59 Å². The van der Waals surface area contributed by atoms with Crippen molar-refractivity contribution in [3.63, 3.8) is 0 Å². The second kappa shape index (κ2) is 8.06. The molecule has 0 saturated carbocycles. The average Bonchev–Trinajstić information content (AvgIpc) is 2.38. The first kappa shape index (κ1) is 15.8. The molecule has 1 rings (SSSR count). The van der Waals surface area contributed by atoms with Crippen molar-refractivity contribution in [2.45, 2.75) is 25.3 Å². The summed E-state index contributed by atoms with van der Waals surface area (Å²) in [4.78, 5) is 34.0. The number of rotatable bonds is 8. The van der Waals surface area contributed by atoms with Crippen LogP contribution in [0.25, 0.3) is 0 Å². The third-order valence-electron chi connectivity index (χ3n) is 2.65. The average molecular weight is 279 g/mol. The highest BCUT2D eigenvalue weighted by molar-refractivity contribution is 5.99. The second-order valence-electron chi connectivity index (χ2n) is 4.35. The number of amides is 1. The first-order valence-corrected chi connectivity index (χ1v) is 6.21. The van der Waals surface area contributed by atoms with Crippen molar-refractivity contribution in [2.75, 3.05) is 6.61 Å². The van der Waals surface area contributed by atoms with Crippen molar-refractivity contribution in [3.8, 4) is 0 Å². The number of hydrogen-bond acceptors (Lipinski definition) is 4. The van der Waals surface area contributed by atoms with Crippen LogP contribution in [0.5, 0.6) is 0 Å². The van der Waals surface area contributed by atoms with E-state index in [1.165, 1.54) is 0 Å². The maximum absolute atomic E-state index is 11.7. The SMILES string of the molecule is O=C(CC(=O)N[C@H](CCO)C(=O)O)Cc1ccccc1. The van der Waals surface area contributed by atoms with Gasteiger partial charge in [-0.05, 0) is 5.56 Å². The number of Topliss-reactive ketones (excluding diaryl/α,β-unsaturated/α-hetero) is 1. The molecule has 1 aromatic rings. The maximum Gasteiger partial charge on any atom is 0.326 e. The Morgan fingerprint density at radius 2 is 1.80 bits per heavy atom. The van der Waals surface area contributed by atoms with E-state index in [1.54, 1.807) is 24.3 Å². The predicted octanol–water partition coefficient (Wildman–Crippen LogP) is 0.140. The molecule has 0 radical (unpaired) electrons. The molecule has 20 heavy (non-hydrogen) atoms. The summed E-state index contributed by atoms with van der Waals surface area (Å²) in [6, 6.07) is 7.81. The van der Waals surface area contributed by atoms with Gasteiger partial charge in [-0.25, -0.2) is 4.79 Å². The van der Waals surface area contributed by atoms with Crippen LogP contribution in [0.4, 0.5) is 0 Å². The molecule has 0 aromatic heterocycles. The number of carboxylic acid groups (broad SMARTS) is 1. The summed E-state index contributed by atoms with van der Waals surface area (Å²) < 4.78 is 0. The topological polar surface area (TPSA) is 104 Å². The van der Waals surface area contributed by atoms with Crippen LogP contribution >= 0.6 is 0 Å². The van der Waals surface area contributed by atoms with Crippen molar-refractivity contribution in [1.29, 1.82) is 0 Å². The standard InChI is InChI=1S/C14H17NO5/c16-7-6-12(14(19)20)15-13(18)9-11(17)8-10-4-2-1-3-5-10/h1-5,12,16H,6-9H2,(H,15,18)(H,19,20)/t12-/m1/s1. The fourth-order valence-corrected chi connectivity index (χ4v) is 1.70. The van der Waals surface area contributed by atoms with Gasteiger partial charge < -0.3 is 15.5 Å². The smallest absolute Gasteiger partial charge is 0.326 e. The molecule has 6 heteroatoms. The molecular weight excluding hydrogens is 262 g/mol. The highest BCUT2D eigenvalue weighted by Crippen LogP contribution is 2.02. The van der Waals surface area contributed by atoms with E-state index in [9.17, 15) is 14.4 Å². The third kappa shape index (κ3) is 5.62. The Morgan fingerprint density at radius 1 is 1.15 bits per heavy atom. The minimum Gasteiger partial charge on any atom is -0.480 e. The number of aliphatic hydroxyl groups excluding tert-OH is 1. The molecule has 0 aliphatic rings. The van der Waals surface area contributed by atoms with E-state index in [-0.39, 0.29) is 31.7 Å². The van der Waals surface area contributed by atoms with Crippen molar-refractivity contribution in [2.24, 2.45) is 0 Å². The minimum absolute atomic E-state index is 0.0893. The lowest BCUT2D eigenvalue weighted by Crippen LogP contribution is -2.42. The van der Waals surface area contributed by atoms with Crippen LogP contribution in [0.1, 0.15) is 18.4 Å². The number of hydrogen-bond donors (Lipinski definition) is 3. The molecule has 0 spiro atoms. The molecule has 0 saturated heterocycles. The highest BCUT2D eigenvalue weighted by atomic mass is 16.4. The van der Waals surface area contributed by atoms with Gasteiger partial charge in [0.15, 0.2) is 0 Å². The molecule has 0 heterocycles. The van der Waals surface area contributed by atoms with E-state index >= 15 is 0 Å². The van der Waals surface area contributed by atoms with Gasteiger partial charge in [0.05, 0.1) is 6.42 Å². The second-order valence-corrected chi connectivity index (χ2v) is 4.35. The lowest BCUT2D eigenvalue weighted by Gasteiger charge is -2.12. The summed E-state index contributed by atoms with van der Waals surface area (Å²) >= 11 is 0. The molecule has 1 atom stereocenters. The fraction of sp³-hybridized carbons (Fsp3) is 0.357. The lowest BCUT2D eigenvalue weighted by atomic mass is 10.1. The van der Waals surface area contributed by atoms with Crippen LogP contribution in [-0.4, -0.2) is 40.5 Å². The van der Waals surface area contributed by atoms with Gasteiger partial charge in [-0.1, -0.05) is 30.3 Å². The number of carbonyl (C=O) groups is 3. The van der Waals surface area contributed by atoms with Crippen LogP contribution in [0.2, 0.25) is 0 Å². The fourth-order valence-electron chi connectivity index (χ4n) is 1.70. The van der Waals surface area contributed by atoms with E-state index in [0.717, 1.165) is 5.56 Å². The van der Waals surface area contributed by atoms with E-state index in [1.807, 2.05) is 6.07 Å². The van der Waals surface area contributed by atoms with E-state index in [0.29, 0.717) is 0 Å². The van der Waals surface area contributed by atoms with Crippen LogP contribution in [0.3, 0.4) is 0 Å². The highest BCUT2D eigenvalue weighted by Gasteiger charge is 2.20. The normalized spacial score (nSPS) is 11.7. The number of aliphatic carboxylic acids is 1. The lowest BCUT2D eigenvalue weighted by molar-refractivity contribution is -0.142. The Kier molecular flexibility index (Phi) is 6.39. The Balaban J connectivity index is 2.45. The minimum atomic E-state index is -1.23. The summed E-state index contributed by atoms with van der Waals surface area (Å²) in [6.45, 7) is -0.352. The van der Waals surface area contributed by atoms with Crippen molar-refractivity contribution < 1.29 is 24.6 Å². The zero-order valence-electron chi connectivity index (χ0n) is 10.9. The largest absolute Gasteiger partial charge is 0.480 e. The van der Waals surface area contributed by atoms with Gasteiger partial charge in [0, 0.05) is 19.4 Å². The van der Waals surface area contributed by atoms with Gasteiger partial charge >= 0.3 is 5.97 Å². The molecule has 6 nitrogen and oxygen atoms in total. The molecule has 0 fully saturated rings. The molecule has 1 amide bonds. The molecule has 0 unspecified atom stereocenters. The van der Waals surface area contributed by atoms with Crippen LogP contribution in [0, 0.1) is 0 Å². The summed E-state index contributed by atoms with van der Waals surface area (Å²) in [5.41, 5.74) is 0.801. The van der Waals surface area contributed by atoms with E-state index in [2.05, 4.69) is 5.32 Å². The number of benzene rings is 1. The summed E-state index contributed by atoms with van der Waals surface area (Å²) in [5.74, 6) is -2.17. The first-order chi connectivity index (χ1) is 9.52.